The van der Waals surface area contributed by atoms with Crippen LogP contribution in [0.15, 0.2) is 18.2 Å². The van der Waals surface area contributed by atoms with Gasteiger partial charge in [-0.3, -0.25) is 4.79 Å². The number of carbonyl (C=O) groups is 1. The molecule has 4 heteroatoms. The minimum atomic E-state index is 0.0111. The van der Waals surface area contributed by atoms with Gasteiger partial charge in [0.05, 0.1) is 0 Å². The quantitative estimate of drug-likeness (QED) is 0.874. The van der Waals surface area contributed by atoms with E-state index in [4.69, 9.17) is 5.73 Å². The van der Waals surface area contributed by atoms with Gasteiger partial charge in [0.2, 0.25) is 0 Å². The van der Waals surface area contributed by atoms with Crippen LogP contribution in [0.2, 0.25) is 0 Å². The van der Waals surface area contributed by atoms with Gasteiger partial charge < -0.3 is 15.7 Å². The van der Waals surface area contributed by atoms with E-state index in [0.717, 1.165) is 37.9 Å². The lowest BCUT2D eigenvalue weighted by atomic mass is 9.94. The van der Waals surface area contributed by atoms with Crippen molar-refractivity contribution in [1.82, 2.24) is 4.90 Å². The van der Waals surface area contributed by atoms with E-state index in [2.05, 4.69) is 0 Å². The van der Waals surface area contributed by atoms with Gasteiger partial charge in [-0.05, 0) is 56.3 Å². The number of carbonyl (C=O) groups excluding carboxylic acids is 1. The molecule has 1 aromatic carbocycles. The molecule has 1 unspecified atom stereocenters. The van der Waals surface area contributed by atoms with E-state index in [-0.39, 0.29) is 11.7 Å². The zero-order chi connectivity index (χ0) is 13.8. The minimum absolute atomic E-state index is 0.0111. The van der Waals surface area contributed by atoms with Crippen molar-refractivity contribution in [3.05, 3.63) is 29.3 Å². The number of likely N-dealkylation sites (tertiary alicyclic amines) is 1. The van der Waals surface area contributed by atoms with Crippen molar-refractivity contribution in [2.75, 3.05) is 19.6 Å². The molecular formula is C15H22N2O2. The van der Waals surface area contributed by atoms with Crippen LogP contribution in [0, 0.1) is 12.8 Å². The third-order valence-electron chi connectivity index (χ3n) is 3.84. The van der Waals surface area contributed by atoms with Crippen LogP contribution in [-0.2, 0) is 0 Å². The summed E-state index contributed by atoms with van der Waals surface area (Å²) >= 11 is 0. The smallest absolute Gasteiger partial charge is 0.253 e. The lowest BCUT2D eigenvalue weighted by Crippen LogP contribution is -2.40. The Morgan fingerprint density at radius 2 is 2.32 bits per heavy atom. The Hall–Kier alpha value is -1.55. The molecule has 1 atom stereocenters. The summed E-state index contributed by atoms with van der Waals surface area (Å²) in [5.74, 6) is 0.708. The van der Waals surface area contributed by atoms with Crippen molar-refractivity contribution < 1.29 is 9.90 Å². The number of hydrogen-bond acceptors (Lipinski definition) is 3. The maximum absolute atomic E-state index is 12.4. The molecule has 0 bridgehead atoms. The van der Waals surface area contributed by atoms with Gasteiger partial charge in [0.25, 0.3) is 5.91 Å². The molecule has 1 heterocycles. The summed E-state index contributed by atoms with van der Waals surface area (Å²) in [7, 11) is 0. The van der Waals surface area contributed by atoms with Crippen LogP contribution in [0.25, 0.3) is 0 Å². The van der Waals surface area contributed by atoms with Crippen molar-refractivity contribution in [1.29, 1.82) is 0 Å². The Bertz CT molecular complexity index is 457. The molecule has 1 aromatic rings. The number of aryl methyl sites for hydroxylation is 1. The summed E-state index contributed by atoms with van der Waals surface area (Å²) in [5.41, 5.74) is 6.95. The van der Waals surface area contributed by atoms with Crippen LogP contribution in [0.4, 0.5) is 0 Å². The van der Waals surface area contributed by atoms with Gasteiger partial charge in [-0.15, -0.1) is 0 Å². The number of aromatic hydroxyl groups is 1. The van der Waals surface area contributed by atoms with Crippen molar-refractivity contribution in [3.8, 4) is 5.75 Å². The second-order valence-corrected chi connectivity index (χ2v) is 5.34. The normalized spacial score (nSPS) is 19.5. The molecule has 0 aliphatic carbocycles. The van der Waals surface area contributed by atoms with Gasteiger partial charge in [-0.1, -0.05) is 6.07 Å². The van der Waals surface area contributed by atoms with Gasteiger partial charge in [-0.25, -0.2) is 0 Å². The van der Waals surface area contributed by atoms with Gasteiger partial charge in [0.1, 0.15) is 5.75 Å². The van der Waals surface area contributed by atoms with E-state index in [9.17, 15) is 9.90 Å². The zero-order valence-corrected chi connectivity index (χ0v) is 11.4. The first-order chi connectivity index (χ1) is 9.11. The lowest BCUT2D eigenvalue weighted by Gasteiger charge is -2.32. The lowest BCUT2D eigenvalue weighted by molar-refractivity contribution is 0.0669. The number of benzene rings is 1. The molecule has 0 radical (unpaired) electrons. The van der Waals surface area contributed by atoms with E-state index >= 15 is 0 Å². The highest BCUT2D eigenvalue weighted by molar-refractivity contribution is 5.94. The number of rotatable bonds is 3. The van der Waals surface area contributed by atoms with Gasteiger partial charge in [0, 0.05) is 18.7 Å². The maximum atomic E-state index is 12.4. The first kappa shape index (κ1) is 13.9. The number of nitrogens with two attached hydrogens (primary N) is 1. The topological polar surface area (TPSA) is 66.6 Å². The largest absolute Gasteiger partial charge is 0.508 e. The molecule has 4 nitrogen and oxygen atoms in total. The molecule has 2 rings (SSSR count). The fraction of sp³-hybridized carbons (Fsp3) is 0.533. The number of piperidine rings is 1. The molecule has 104 valence electrons. The Balaban J connectivity index is 2.08. The van der Waals surface area contributed by atoms with Crippen molar-refractivity contribution >= 4 is 5.91 Å². The summed E-state index contributed by atoms with van der Waals surface area (Å²) in [5, 5.41) is 9.70. The average Bonchev–Trinajstić information content (AvgIpc) is 2.42. The molecule has 1 fully saturated rings. The third kappa shape index (κ3) is 3.26. The van der Waals surface area contributed by atoms with Gasteiger partial charge in [0.15, 0.2) is 0 Å². The Kier molecular flexibility index (Phi) is 4.43. The molecule has 0 saturated carbocycles. The SMILES string of the molecule is Cc1ccc(C(=O)N2CCCC(CCN)C2)cc1O. The summed E-state index contributed by atoms with van der Waals surface area (Å²) in [6, 6.07) is 5.12. The van der Waals surface area contributed by atoms with Crippen molar-refractivity contribution in [2.45, 2.75) is 26.2 Å². The second-order valence-electron chi connectivity index (χ2n) is 5.34. The Labute approximate surface area is 114 Å². The van der Waals surface area contributed by atoms with E-state index < -0.39 is 0 Å². The molecule has 0 aromatic heterocycles. The highest BCUT2D eigenvalue weighted by Gasteiger charge is 2.24. The molecular weight excluding hydrogens is 240 g/mol. The summed E-state index contributed by atoms with van der Waals surface area (Å²) in [4.78, 5) is 14.3. The van der Waals surface area contributed by atoms with Gasteiger partial charge in [-0.2, -0.15) is 0 Å². The average molecular weight is 262 g/mol. The fourth-order valence-corrected chi connectivity index (χ4v) is 2.65. The number of hydrogen-bond donors (Lipinski definition) is 2. The molecule has 3 N–H and O–H groups in total. The fourth-order valence-electron chi connectivity index (χ4n) is 2.65. The molecule has 19 heavy (non-hydrogen) atoms. The van der Waals surface area contributed by atoms with Crippen LogP contribution < -0.4 is 5.73 Å². The predicted octanol–water partition coefficient (Wildman–Crippen LogP) is 1.90. The molecule has 1 aliphatic heterocycles. The minimum Gasteiger partial charge on any atom is -0.508 e. The summed E-state index contributed by atoms with van der Waals surface area (Å²) in [6.07, 6.45) is 3.16. The third-order valence-corrected chi connectivity index (χ3v) is 3.84. The monoisotopic (exact) mass is 262 g/mol. The number of nitrogens with zero attached hydrogens (tertiary/aromatic N) is 1. The Morgan fingerprint density at radius 1 is 1.53 bits per heavy atom. The highest BCUT2D eigenvalue weighted by Crippen LogP contribution is 2.23. The van der Waals surface area contributed by atoms with Crippen LogP contribution in [0.3, 0.4) is 0 Å². The Morgan fingerprint density at radius 3 is 3.00 bits per heavy atom. The number of phenols is 1. The second kappa shape index (κ2) is 6.06. The van der Waals surface area contributed by atoms with Crippen LogP contribution in [0.5, 0.6) is 5.75 Å². The first-order valence-electron chi connectivity index (χ1n) is 6.90. The standard InChI is InChI=1S/C15H22N2O2/c1-11-4-5-13(9-14(11)18)15(19)17-8-2-3-12(10-17)6-7-16/h4-5,9,12,18H,2-3,6-8,10,16H2,1H3. The molecule has 1 amide bonds. The summed E-state index contributed by atoms with van der Waals surface area (Å²) in [6.45, 7) is 4.08. The molecule has 0 spiro atoms. The van der Waals surface area contributed by atoms with E-state index in [0.29, 0.717) is 18.0 Å². The highest BCUT2D eigenvalue weighted by atomic mass is 16.3. The first-order valence-corrected chi connectivity index (χ1v) is 6.90. The van der Waals surface area contributed by atoms with E-state index in [1.165, 1.54) is 0 Å². The number of phenolic OH excluding ortho intramolecular Hbond substituents is 1. The van der Waals surface area contributed by atoms with Gasteiger partial charge >= 0.3 is 0 Å². The van der Waals surface area contributed by atoms with Crippen LogP contribution >= 0.6 is 0 Å². The van der Waals surface area contributed by atoms with E-state index in [1.807, 2.05) is 11.8 Å². The van der Waals surface area contributed by atoms with Crippen LogP contribution in [-0.4, -0.2) is 35.5 Å². The van der Waals surface area contributed by atoms with Crippen molar-refractivity contribution in [2.24, 2.45) is 11.7 Å². The molecule has 1 aliphatic rings. The van der Waals surface area contributed by atoms with Crippen molar-refractivity contribution in [3.63, 3.8) is 0 Å². The maximum Gasteiger partial charge on any atom is 0.253 e. The predicted molar refractivity (Wildman–Crippen MR) is 75.1 cm³/mol. The summed E-state index contributed by atoms with van der Waals surface area (Å²) < 4.78 is 0. The molecule has 1 saturated heterocycles. The zero-order valence-electron chi connectivity index (χ0n) is 11.4. The number of amides is 1. The van der Waals surface area contributed by atoms with Crippen LogP contribution in [0.1, 0.15) is 35.2 Å². The van der Waals surface area contributed by atoms with E-state index in [1.54, 1.807) is 18.2 Å².